The van der Waals surface area contributed by atoms with E-state index in [-0.39, 0.29) is 29.9 Å². The Balaban J connectivity index is 0.00000676. The van der Waals surface area contributed by atoms with Crippen LogP contribution in [0.3, 0.4) is 0 Å². The predicted octanol–water partition coefficient (Wildman–Crippen LogP) is 3.69. The number of halogens is 1. The standard InChI is InChI=1S/C21H36N4O.HI/c1-7-23-19(26)21(4,5)15-25-20(22-6)24-14-8-9-17-10-12-18(13-11-17)16(2)3;/h10-13,16H,7-9,14-15H2,1-6H3,(H,23,26)(H2,22,24,25);1H. The van der Waals surface area contributed by atoms with Gasteiger partial charge >= 0.3 is 0 Å². The van der Waals surface area contributed by atoms with Crippen molar-refractivity contribution in [3.05, 3.63) is 35.4 Å². The lowest BCUT2D eigenvalue weighted by atomic mass is 9.92. The summed E-state index contributed by atoms with van der Waals surface area (Å²) in [6, 6.07) is 8.88. The van der Waals surface area contributed by atoms with E-state index in [0.717, 1.165) is 25.3 Å². The Bertz CT molecular complexity index is 582. The molecule has 6 heteroatoms. The van der Waals surface area contributed by atoms with Crippen molar-refractivity contribution in [1.82, 2.24) is 16.0 Å². The van der Waals surface area contributed by atoms with Crippen molar-refractivity contribution in [2.24, 2.45) is 10.4 Å². The van der Waals surface area contributed by atoms with Crippen molar-refractivity contribution in [3.63, 3.8) is 0 Å². The van der Waals surface area contributed by atoms with Crippen LogP contribution in [0.15, 0.2) is 29.3 Å². The van der Waals surface area contributed by atoms with Gasteiger partial charge in [0.1, 0.15) is 0 Å². The van der Waals surface area contributed by atoms with Crippen LogP contribution in [0.1, 0.15) is 58.1 Å². The molecule has 27 heavy (non-hydrogen) atoms. The van der Waals surface area contributed by atoms with E-state index in [9.17, 15) is 4.79 Å². The van der Waals surface area contributed by atoms with E-state index in [2.05, 4.69) is 59.1 Å². The van der Waals surface area contributed by atoms with E-state index in [0.29, 0.717) is 19.0 Å². The van der Waals surface area contributed by atoms with Gasteiger partial charge in [-0.05, 0) is 50.7 Å². The molecular weight excluding hydrogens is 451 g/mol. The topological polar surface area (TPSA) is 65.5 Å². The summed E-state index contributed by atoms with van der Waals surface area (Å²) in [5, 5.41) is 9.44. The number of guanidine groups is 1. The Labute approximate surface area is 182 Å². The summed E-state index contributed by atoms with van der Waals surface area (Å²) in [5.41, 5.74) is 2.26. The molecule has 0 saturated heterocycles. The first-order chi connectivity index (χ1) is 12.3. The highest BCUT2D eigenvalue weighted by molar-refractivity contribution is 14.0. The number of benzene rings is 1. The van der Waals surface area contributed by atoms with Gasteiger partial charge in [-0.25, -0.2) is 0 Å². The molecule has 5 nitrogen and oxygen atoms in total. The molecular formula is C21H37IN4O. The van der Waals surface area contributed by atoms with Crippen LogP contribution in [0, 0.1) is 5.41 Å². The largest absolute Gasteiger partial charge is 0.356 e. The van der Waals surface area contributed by atoms with Crippen LogP contribution >= 0.6 is 24.0 Å². The van der Waals surface area contributed by atoms with Gasteiger partial charge in [-0.1, -0.05) is 38.1 Å². The third kappa shape index (κ3) is 9.44. The maximum absolute atomic E-state index is 12.0. The Morgan fingerprint density at radius 1 is 1.11 bits per heavy atom. The quantitative estimate of drug-likeness (QED) is 0.215. The van der Waals surface area contributed by atoms with Crippen LogP contribution in [-0.2, 0) is 11.2 Å². The first-order valence-electron chi connectivity index (χ1n) is 9.61. The maximum Gasteiger partial charge on any atom is 0.227 e. The average Bonchev–Trinajstić information content (AvgIpc) is 2.61. The molecule has 0 saturated carbocycles. The molecule has 0 aromatic heterocycles. The molecule has 1 aromatic rings. The fourth-order valence-electron chi connectivity index (χ4n) is 2.57. The van der Waals surface area contributed by atoms with Crippen LogP contribution < -0.4 is 16.0 Å². The highest BCUT2D eigenvalue weighted by atomic mass is 127. The number of hydrogen-bond acceptors (Lipinski definition) is 2. The van der Waals surface area contributed by atoms with E-state index < -0.39 is 5.41 Å². The fraction of sp³-hybridized carbons (Fsp3) is 0.619. The third-order valence-corrected chi connectivity index (χ3v) is 4.45. The summed E-state index contributed by atoms with van der Waals surface area (Å²) in [5.74, 6) is 1.36. The maximum atomic E-state index is 12.0. The highest BCUT2D eigenvalue weighted by Gasteiger charge is 2.27. The molecule has 1 rings (SSSR count). The van der Waals surface area contributed by atoms with Crippen LogP contribution in [0.25, 0.3) is 0 Å². The van der Waals surface area contributed by atoms with Crippen molar-refractivity contribution in [1.29, 1.82) is 0 Å². The minimum atomic E-state index is -0.480. The van der Waals surface area contributed by atoms with Gasteiger partial charge in [-0.15, -0.1) is 24.0 Å². The number of amides is 1. The highest BCUT2D eigenvalue weighted by Crippen LogP contribution is 2.15. The van der Waals surface area contributed by atoms with Crippen molar-refractivity contribution in [2.45, 2.75) is 53.4 Å². The molecule has 0 spiro atoms. The number of carbonyl (C=O) groups excluding carboxylic acids is 1. The van der Waals surface area contributed by atoms with Crippen LogP contribution in [0.2, 0.25) is 0 Å². The molecule has 0 heterocycles. The molecule has 0 radical (unpaired) electrons. The lowest BCUT2D eigenvalue weighted by molar-refractivity contribution is -0.128. The normalized spacial score (nSPS) is 11.7. The monoisotopic (exact) mass is 488 g/mol. The number of nitrogens with zero attached hydrogens (tertiary/aromatic N) is 1. The second-order valence-corrected chi connectivity index (χ2v) is 7.60. The van der Waals surface area contributed by atoms with E-state index in [4.69, 9.17) is 0 Å². The first kappa shape index (κ1) is 25.7. The lowest BCUT2D eigenvalue weighted by Gasteiger charge is -2.24. The molecule has 154 valence electrons. The van der Waals surface area contributed by atoms with Gasteiger partial charge in [-0.3, -0.25) is 9.79 Å². The van der Waals surface area contributed by atoms with E-state index in [1.807, 2.05) is 20.8 Å². The Morgan fingerprint density at radius 3 is 2.26 bits per heavy atom. The van der Waals surface area contributed by atoms with Gasteiger partial charge in [0.2, 0.25) is 5.91 Å². The number of hydrogen-bond donors (Lipinski definition) is 3. The van der Waals surface area contributed by atoms with Gasteiger partial charge in [0.25, 0.3) is 0 Å². The number of rotatable bonds is 9. The van der Waals surface area contributed by atoms with Crippen LogP contribution in [-0.4, -0.2) is 38.5 Å². The molecule has 0 aliphatic rings. The van der Waals surface area contributed by atoms with Crippen molar-refractivity contribution in [2.75, 3.05) is 26.7 Å². The SMILES string of the molecule is CCNC(=O)C(C)(C)CNC(=NC)NCCCc1ccc(C(C)C)cc1.I. The molecule has 0 bridgehead atoms. The molecule has 0 atom stereocenters. The summed E-state index contributed by atoms with van der Waals surface area (Å²) in [6.45, 7) is 12.2. The summed E-state index contributed by atoms with van der Waals surface area (Å²) in [4.78, 5) is 16.3. The average molecular weight is 488 g/mol. The fourth-order valence-corrected chi connectivity index (χ4v) is 2.57. The zero-order chi connectivity index (χ0) is 19.6. The van der Waals surface area contributed by atoms with E-state index in [1.54, 1.807) is 7.05 Å². The molecule has 0 aliphatic heterocycles. The molecule has 0 unspecified atom stereocenters. The second kappa shape index (κ2) is 13.0. The second-order valence-electron chi connectivity index (χ2n) is 7.60. The van der Waals surface area contributed by atoms with Gasteiger partial charge in [0.15, 0.2) is 5.96 Å². The predicted molar refractivity (Wildman–Crippen MR) is 126 cm³/mol. The minimum absolute atomic E-state index is 0. The lowest BCUT2D eigenvalue weighted by Crippen LogP contribution is -2.48. The third-order valence-electron chi connectivity index (χ3n) is 4.45. The number of carbonyl (C=O) groups is 1. The Kier molecular flexibility index (Phi) is 12.3. The van der Waals surface area contributed by atoms with E-state index >= 15 is 0 Å². The molecule has 3 N–H and O–H groups in total. The number of nitrogens with one attached hydrogen (secondary N) is 3. The molecule has 0 fully saturated rings. The van der Waals surface area contributed by atoms with Crippen molar-refractivity contribution in [3.8, 4) is 0 Å². The summed E-state index contributed by atoms with van der Waals surface area (Å²) < 4.78 is 0. The van der Waals surface area contributed by atoms with Gasteiger partial charge in [0.05, 0.1) is 5.41 Å². The summed E-state index contributed by atoms with van der Waals surface area (Å²) in [6.07, 6.45) is 2.06. The smallest absolute Gasteiger partial charge is 0.227 e. The first-order valence-corrected chi connectivity index (χ1v) is 9.61. The zero-order valence-electron chi connectivity index (χ0n) is 17.7. The van der Waals surface area contributed by atoms with E-state index in [1.165, 1.54) is 11.1 Å². The van der Waals surface area contributed by atoms with Gasteiger partial charge in [-0.2, -0.15) is 0 Å². The van der Waals surface area contributed by atoms with Crippen LogP contribution in [0.4, 0.5) is 0 Å². The van der Waals surface area contributed by atoms with Crippen LogP contribution in [0.5, 0.6) is 0 Å². The minimum Gasteiger partial charge on any atom is -0.356 e. The molecule has 1 amide bonds. The van der Waals surface area contributed by atoms with Gasteiger partial charge < -0.3 is 16.0 Å². The van der Waals surface area contributed by atoms with Crippen molar-refractivity contribution < 1.29 is 4.79 Å². The molecule has 0 aliphatic carbocycles. The number of aryl methyl sites for hydroxylation is 1. The Morgan fingerprint density at radius 2 is 1.74 bits per heavy atom. The summed E-state index contributed by atoms with van der Waals surface area (Å²) >= 11 is 0. The molecule has 1 aromatic carbocycles. The summed E-state index contributed by atoms with van der Waals surface area (Å²) in [7, 11) is 1.75. The number of aliphatic imine (C=N–C) groups is 1. The van der Waals surface area contributed by atoms with Crippen molar-refractivity contribution >= 4 is 35.8 Å². The zero-order valence-corrected chi connectivity index (χ0v) is 20.0. The van der Waals surface area contributed by atoms with Gasteiger partial charge in [0, 0.05) is 26.7 Å². The Hall–Kier alpha value is -1.31.